The molecule has 9 nitrogen and oxygen atoms in total. The smallest absolute Gasteiger partial charge is 0.326 e. The van der Waals surface area contributed by atoms with Gasteiger partial charge in [0.15, 0.2) is 5.82 Å². The number of para-hydroxylation sites is 2. The lowest BCUT2D eigenvalue weighted by Gasteiger charge is -2.14. The minimum atomic E-state index is -0.327. The predicted molar refractivity (Wildman–Crippen MR) is 82.5 cm³/mol. The summed E-state index contributed by atoms with van der Waals surface area (Å²) in [5.41, 5.74) is 1.08. The molecule has 0 aliphatic rings. The van der Waals surface area contributed by atoms with E-state index in [9.17, 15) is 9.59 Å². The SMILES string of the molecule is CCCC(NC(=O)Cn1c(=O)[nH]c2ccccc21)c1nn[nH]n1. The zero-order valence-electron chi connectivity index (χ0n) is 12.6. The molecular weight excluding hydrogens is 298 g/mol. The largest absolute Gasteiger partial charge is 0.344 e. The Balaban J connectivity index is 1.78. The third-order valence-corrected chi connectivity index (χ3v) is 3.57. The van der Waals surface area contributed by atoms with Crippen LogP contribution in [0.15, 0.2) is 29.1 Å². The zero-order chi connectivity index (χ0) is 16.2. The van der Waals surface area contributed by atoms with Crippen molar-refractivity contribution < 1.29 is 4.79 Å². The summed E-state index contributed by atoms with van der Waals surface area (Å²) in [6, 6.07) is 6.92. The normalized spacial score (nSPS) is 12.4. The molecule has 1 unspecified atom stereocenters. The van der Waals surface area contributed by atoms with Crippen molar-refractivity contribution >= 4 is 16.9 Å². The van der Waals surface area contributed by atoms with E-state index < -0.39 is 0 Å². The standard InChI is InChI=1S/C14H17N7O2/c1-2-5-10(13-17-19-20-18-13)15-12(22)8-21-11-7-4-3-6-9(11)16-14(21)23/h3-4,6-7,10H,2,5,8H2,1H3,(H,15,22)(H,16,23)(H,17,18,19,20). The van der Waals surface area contributed by atoms with Crippen molar-refractivity contribution in [3.8, 4) is 0 Å². The number of nitrogens with zero attached hydrogens (tertiary/aromatic N) is 4. The van der Waals surface area contributed by atoms with Crippen molar-refractivity contribution in [2.75, 3.05) is 0 Å². The average Bonchev–Trinajstić information content (AvgIpc) is 3.16. The molecule has 0 aliphatic carbocycles. The van der Waals surface area contributed by atoms with Crippen LogP contribution in [0.25, 0.3) is 11.0 Å². The van der Waals surface area contributed by atoms with E-state index in [2.05, 4.69) is 30.9 Å². The Kier molecular flexibility index (Phi) is 4.18. The van der Waals surface area contributed by atoms with Gasteiger partial charge in [-0.1, -0.05) is 30.7 Å². The van der Waals surface area contributed by atoms with E-state index in [1.807, 2.05) is 19.1 Å². The first-order valence-electron chi connectivity index (χ1n) is 7.39. The molecule has 3 rings (SSSR count). The Bertz CT molecular complexity index is 850. The number of tetrazole rings is 1. The van der Waals surface area contributed by atoms with Crippen LogP contribution in [0.5, 0.6) is 0 Å². The van der Waals surface area contributed by atoms with Gasteiger partial charge < -0.3 is 10.3 Å². The quantitative estimate of drug-likeness (QED) is 0.611. The van der Waals surface area contributed by atoms with E-state index in [1.54, 1.807) is 12.1 Å². The summed E-state index contributed by atoms with van der Waals surface area (Å²) in [6.07, 6.45) is 1.54. The maximum absolute atomic E-state index is 12.3. The van der Waals surface area contributed by atoms with Crippen molar-refractivity contribution in [3.63, 3.8) is 0 Å². The third kappa shape index (κ3) is 3.12. The monoisotopic (exact) mass is 315 g/mol. The van der Waals surface area contributed by atoms with Crippen molar-refractivity contribution in [2.24, 2.45) is 0 Å². The van der Waals surface area contributed by atoms with Crippen molar-refractivity contribution in [3.05, 3.63) is 40.6 Å². The number of aromatic nitrogens is 6. The number of hydrogen-bond donors (Lipinski definition) is 3. The molecule has 0 bridgehead atoms. The molecule has 0 aliphatic heterocycles. The second-order valence-electron chi connectivity index (χ2n) is 5.21. The van der Waals surface area contributed by atoms with Crippen LogP contribution in [0.3, 0.4) is 0 Å². The van der Waals surface area contributed by atoms with Crippen LogP contribution in [0.2, 0.25) is 0 Å². The van der Waals surface area contributed by atoms with Gasteiger partial charge in [0.1, 0.15) is 6.54 Å². The van der Waals surface area contributed by atoms with Gasteiger partial charge in [0.2, 0.25) is 5.91 Å². The van der Waals surface area contributed by atoms with E-state index in [-0.39, 0.29) is 24.2 Å². The highest BCUT2D eigenvalue weighted by Crippen LogP contribution is 2.13. The molecule has 120 valence electrons. The van der Waals surface area contributed by atoms with Crippen LogP contribution in [-0.2, 0) is 11.3 Å². The summed E-state index contributed by atoms with van der Waals surface area (Å²) >= 11 is 0. The Hall–Kier alpha value is -2.97. The molecule has 0 saturated heterocycles. The van der Waals surface area contributed by atoms with E-state index >= 15 is 0 Å². The summed E-state index contributed by atoms with van der Waals surface area (Å²) in [5.74, 6) is 0.159. The van der Waals surface area contributed by atoms with Gasteiger partial charge >= 0.3 is 5.69 Å². The summed E-state index contributed by atoms with van der Waals surface area (Å²) in [6.45, 7) is 1.93. The number of H-pyrrole nitrogens is 2. The van der Waals surface area contributed by atoms with Crippen LogP contribution in [0, 0.1) is 0 Å². The van der Waals surface area contributed by atoms with Gasteiger partial charge in [-0.3, -0.25) is 9.36 Å². The highest BCUT2D eigenvalue weighted by Gasteiger charge is 2.19. The number of rotatable bonds is 6. The molecule has 23 heavy (non-hydrogen) atoms. The first-order valence-corrected chi connectivity index (χ1v) is 7.39. The van der Waals surface area contributed by atoms with E-state index in [4.69, 9.17) is 0 Å². The molecule has 3 aromatic rings. The third-order valence-electron chi connectivity index (χ3n) is 3.57. The fourth-order valence-corrected chi connectivity index (χ4v) is 2.52. The summed E-state index contributed by atoms with van der Waals surface area (Å²) < 4.78 is 1.41. The second kappa shape index (κ2) is 6.42. The number of amides is 1. The molecule has 0 saturated carbocycles. The summed E-state index contributed by atoms with van der Waals surface area (Å²) in [5, 5.41) is 16.6. The maximum atomic E-state index is 12.3. The van der Waals surface area contributed by atoms with Gasteiger partial charge in [-0.25, -0.2) is 4.79 Å². The molecule has 0 spiro atoms. The van der Waals surface area contributed by atoms with Gasteiger partial charge in [-0.05, 0) is 18.6 Å². The molecule has 2 aromatic heterocycles. The molecule has 1 atom stereocenters. The number of carbonyl (C=O) groups excluding carboxylic acids is 1. The Labute approximate surface area is 131 Å². The Morgan fingerprint density at radius 3 is 2.96 bits per heavy atom. The second-order valence-corrected chi connectivity index (χ2v) is 5.21. The van der Waals surface area contributed by atoms with E-state index in [0.717, 1.165) is 6.42 Å². The topological polar surface area (TPSA) is 121 Å². The Morgan fingerprint density at radius 1 is 1.39 bits per heavy atom. The minimum Gasteiger partial charge on any atom is -0.344 e. The van der Waals surface area contributed by atoms with Crippen molar-refractivity contribution in [2.45, 2.75) is 32.4 Å². The van der Waals surface area contributed by atoms with Crippen LogP contribution < -0.4 is 11.0 Å². The number of imidazole rings is 1. The van der Waals surface area contributed by atoms with Crippen molar-refractivity contribution in [1.82, 2.24) is 35.5 Å². The van der Waals surface area contributed by atoms with Crippen LogP contribution in [-0.4, -0.2) is 36.1 Å². The number of hydrogen-bond acceptors (Lipinski definition) is 5. The molecule has 0 fully saturated rings. The predicted octanol–water partition coefficient (Wildman–Crippen LogP) is 0.500. The Morgan fingerprint density at radius 2 is 2.22 bits per heavy atom. The molecule has 9 heteroatoms. The molecule has 0 radical (unpaired) electrons. The minimum absolute atomic E-state index is 0.0685. The van der Waals surface area contributed by atoms with Crippen LogP contribution in [0.4, 0.5) is 0 Å². The molecule has 2 heterocycles. The fraction of sp³-hybridized carbons (Fsp3) is 0.357. The highest BCUT2D eigenvalue weighted by molar-refractivity contribution is 5.80. The molecular formula is C14H17N7O2. The van der Waals surface area contributed by atoms with E-state index in [1.165, 1.54) is 4.57 Å². The maximum Gasteiger partial charge on any atom is 0.326 e. The molecule has 3 N–H and O–H groups in total. The zero-order valence-corrected chi connectivity index (χ0v) is 12.6. The van der Waals surface area contributed by atoms with E-state index in [0.29, 0.717) is 23.3 Å². The summed E-state index contributed by atoms with van der Waals surface area (Å²) in [4.78, 5) is 27.0. The lowest BCUT2D eigenvalue weighted by Crippen LogP contribution is -2.34. The number of nitrogens with one attached hydrogen (secondary N) is 3. The van der Waals surface area contributed by atoms with Gasteiger partial charge in [0.25, 0.3) is 0 Å². The van der Waals surface area contributed by atoms with Crippen LogP contribution in [0.1, 0.15) is 31.6 Å². The summed E-state index contributed by atoms with van der Waals surface area (Å²) in [7, 11) is 0. The lowest BCUT2D eigenvalue weighted by atomic mass is 10.1. The number of benzene rings is 1. The van der Waals surface area contributed by atoms with Gasteiger partial charge in [0.05, 0.1) is 17.1 Å². The van der Waals surface area contributed by atoms with Gasteiger partial charge in [-0.2, -0.15) is 5.21 Å². The average molecular weight is 315 g/mol. The fourth-order valence-electron chi connectivity index (χ4n) is 2.52. The van der Waals surface area contributed by atoms with Crippen molar-refractivity contribution in [1.29, 1.82) is 0 Å². The lowest BCUT2D eigenvalue weighted by molar-refractivity contribution is -0.122. The van der Waals surface area contributed by atoms with Gasteiger partial charge in [-0.15, -0.1) is 10.2 Å². The number of fused-ring (bicyclic) bond motifs is 1. The van der Waals surface area contributed by atoms with Gasteiger partial charge in [0, 0.05) is 0 Å². The molecule has 1 amide bonds. The number of carbonyl (C=O) groups is 1. The first kappa shape index (κ1) is 14.9. The number of aromatic amines is 2. The molecule has 1 aromatic carbocycles. The first-order chi connectivity index (χ1) is 11.2. The van der Waals surface area contributed by atoms with Crippen LogP contribution >= 0.6 is 0 Å². The highest BCUT2D eigenvalue weighted by atomic mass is 16.2.